The fourth-order valence-electron chi connectivity index (χ4n) is 2.08. The van der Waals surface area contributed by atoms with Gasteiger partial charge in [-0.15, -0.1) is 0 Å². The van der Waals surface area contributed by atoms with Crippen LogP contribution < -0.4 is 0 Å². The lowest BCUT2D eigenvalue weighted by Crippen LogP contribution is -2.45. The lowest BCUT2D eigenvalue weighted by molar-refractivity contribution is -0.251. The molecule has 1 saturated heterocycles. The molecule has 1 spiro atoms. The Balaban J connectivity index is 2.12. The van der Waals surface area contributed by atoms with Gasteiger partial charge in [0.1, 0.15) is 13.2 Å². The van der Waals surface area contributed by atoms with E-state index < -0.39 is 30.8 Å². The van der Waals surface area contributed by atoms with Gasteiger partial charge in [-0.1, -0.05) is 6.42 Å². The van der Waals surface area contributed by atoms with Crippen LogP contribution in [0, 0.1) is 0 Å². The summed E-state index contributed by atoms with van der Waals surface area (Å²) in [6.07, 6.45) is 3.31. The van der Waals surface area contributed by atoms with Crippen molar-refractivity contribution in [3.8, 4) is 0 Å². The molecule has 0 aromatic carbocycles. The first-order valence-corrected chi connectivity index (χ1v) is 5.41. The van der Waals surface area contributed by atoms with E-state index in [2.05, 4.69) is 0 Å². The van der Waals surface area contributed by atoms with Crippen molar-refractivity contribution in [1.29, 1.82) is 0 Å². The Labute approximate surface area is 90.9 Å². The highest BCUT2D eigenvalue weighted by atomic mass is 19.3. The van der Waals surface area contributed by atoms with E-state index in [1.165, 1.54) is 0 Å². The van der Waals surface area contributed by atoms with E-state index in [0.29, 0.717) is 12.8 Å². The normalized spacial score (nSPS) is 32.2. The zero-order valence-corrected chi connectivity index (χ0v) is 8.78. The molecule has 0 aromatic rings. The topological polar surface area (TPSA) is 18.5 Å². The molecule has 0 bridgehead atoms. The van der Waals surface area contributed by atoms with E-state index in [1.807, 2.05) is 0 Å². The summed E-state index contributed by atoms with van der Waals surface area (Å²) in [6.45, 7) is -2.53. The van der Waals surface area contributed by atoms with Gasteiger partial charge in [-0.25, -0.2) is 0 Å². The van der Waals surface area contributed by atoms with Crippen molar-refractivity contribution in [1.82, 2.24) is 0 Å². The Kier molecular flexibility index (Phi) is 2.90. The minimum atomic E-state index is -4.14. The van der Waals surface area contributed by atoms with Crippen molar-refractivity contribution in [2.45, 2.75) is 49.7 Å². The minimum absolute atomic E-state index is 0.416. The maximum absolute atomic E-state index is 13.0. The molecule has 2 aliphatic rings. The summed E-state index contributed by atoms with van der Waals surface area (Å²) in [5.74, 6) is -9.50. The molecule has 1 aliphatic carbocycles. The average molecular weight is 242 g/mol. The third kappa shape index (κ3) is 2.05. The van der Waals surface area contributed by atoms with Gasteiger partial charge in [-0.3, -0.25) is 0 Å². The summed E-state index contributed by atoms with van der Waals surface area (Å²) in [6, 6.07) is 0. The Morgan fingerprint density at radius 3 is 1.56 bits per heavy atom. The molecule has 2 nitrogen and oxygen atoms in total. The fourth-order valence-corrected chi connectivity index (χ4v) is 2.08. The van der Waals surface area contributed by atoms with E-state index >= 15 is 0 Å². The van der Waals surface area contributed by atoms with Gasteiger partial charge in [0.15, 0.2) is 5.79 Å². The molecule has 2 rings (SSSR count). The Morgan fingerprint density at radius 2 is 1.12 bits per heavy atom. The van der Waals surface area contributed by atoms with E-state index in [0.717, 1.165) is 19.3 Å². The highest BCUT2D eigenvalue weighted by Crippen LogP contribution is 2.43. The third-order valence-corrected chi connectivity index (χ3v) is 3.18. The average Bonchev–Trinajstić information content (AvgIpc) is 2.32. The Bertz CT molecular complexity index is 242. The monoisotopic (exact) mass is 242 g/mol. The molecular weight excluding hydrogens is 228 g/mol. The van der Waals surface area contributed by atoms with Crippen LogP contribution in [0.25, 0.3) is 0 Å². The smallest absolute Gasteiger partial charge is 0.335 e. The molecule has 6 heteroatoms. The first-order valence-electron chi connectivity index (χ1n) is 5.41. The first kappa shape index (κ1) is 12.1. The van der Waals surface area contributed by atoms with E-state index in [4.69, 9.17) is 9.47 Å². The molecule has 2 fully saturated rings. The highest BCUT2D eigenvalue weighted by Gasteiger charge is 2.60. The van der Waals surface area contributed by atoms with Crippen LogP contribution in [-0.2, 0) is 9.47 Å². The van der Waals surface area contributed by atoms with Crippen LogP contribution in [0.4, 0.5) is 17.6 Å². The maximum atomic E-state index is 13.0. The summed E-state index contributed by atoms with van der Waals surface area (Å²) >= 11 is 0. The third-order valence-electron chi connectivity index (χ3n) is 3.18. The van der Waals surface area contributed by atoms with E-state index in [1.54, 1.807) is 0 Å². The molecule has 0 unspecified atom stereocenters. The van der Waals surface area contributed by atoms with Gasteiger partial charge < -0.3 is 9.47 Å². The SMILES string of the molecule is FC1(F)COC2(CCCCC2)OCC1(F)F. The van der Waals surface area contributed by atoms with Crippen LogP contribution >= 0.6 is 0 Å². The molecule has 0 atom stereocenters. The summed E-state index contributed by atoms with van der Waals surface area (Å²) < 4.78 is 62.0. The van der Waals surface area contributed by atoms with Gasteiger partial charge in [0.2, 0.25) is 0 Å². The van der Waals surface area contributed by atoms with Crippen LogP contribution in [-0.4, -0.2) is 30.8 Å². The number of alkyl halides is 4. The quantitative estimate of drug-likeness (QED) is 0.608. The van der Waals surface area contributed by atoms with Gasteiger partial charge in [0.05, 0.1) is 0 Å². The second-order valence-corrected chi connectivity index (χ2v) is 4.46. The van der Waals surface area contributed by atoms with Crippen molar-refractivity contribution in [2.24, 2.45) is 0 Å². The summed E-state index contributed by atoms with van der Waals surface area (Å²) in [4.78, 5) is 0. The van der Waals surface area contributed by atoms with Crippen LogP contribution in [0.1, 0.15) is 32.1 Å². The largest absolute Gasteiger partial charge is 0.343 e. The molecule has 0 aromatic heterocycles. The molecule has 0 N–H and O–H groups in total. The van der Waals surface area contributed by atoms with Crippen molar-refractivity contribution < 1.29 is 27.0 Å². The zero-order valence-electron chi connectivity index (χ0n) is 8.78. The van der Waals surface area contributed by atoms with Crippen molar-refractivity contribution in [3.63, 3.8) is 0 Å². The molecular formula is C10H14F4O2. The predicted octanol–water partition coefficient (Wildman–Crippen LogP) is 2.96. The fraction of sp³-hybridized carbons (Fsp3) is 1.00. The number of hydrogen-bond acceptors (Lipinski definition) is 2. The van der Waals surface area contributed by atoms with Crippen molar-refractivity contribution >= 4 is 0 Å². The van der Waals surface area contributed by atoms with Crippen LogP contribution in [0.2, 0.25) is 0 Å². The first-order chi connectivity index (χ1) is 7.37. The van der Waals surface area contributed by atoms with E-state index in [9.17, 15) is 17.6 Å². The summed E-state index contributed by atoms with van der Waals surface area (Å²) in [7, 11) is 0. The van der Waals surface area contributed by atoms with E-state index in [-0.39, 0.29) is 0 Å². The lowest BCUT2D eigenvalue weighted by Gasteiger charge is -2.35. The second kappa shape index (κ2) is 3.84. The standard InChI is InChI=1S/C10H14F4O2/c11-9(12)6-15-8(4-2-1-3-5-8)16-7-10(9,13)14/h1-7H2. The predicted molar refractivity (Wildman–Crippen MR) is 47.6 cm³/mol. The van der Waals surface area contributed by atoms with Gasteiger partial charge in [-0.05, 0) is 12.8 Å². The molecule has 1 heterocycles. The summed E-state index contributed by atoms with van der Waals surface area (Å²) in [5.41, 5.74) is 0. The Morgan fingerprint density at radius 1 is 0.688 bits per heavy atom. The van der Waals surface area contributed by atoms with Crippen LogP contribution in [0.15, 0.2) is 0 Å². The lowest BCUT2D eigenvalue weighted by atomic mass is 9.94. The number of rotatable bonds is 0. The molecule has 16 heavy (non-hydrogen) atoms. The molecule has 0 amide bonds. The Hall–Kier alpha value is -0.360. The second-order valence-electron chi connectivity index (χ2n) is 4.46. The molecule has 0 radical (unpaired) electrons. The highest BCUT2D eigenvalue weighted by molar-refractivity contribution is 4.90. The maximum Gasteiger partial charge on any atom is 0.335 e. The molecule has 1 saturated carbocycles. The summed E-state index contributed by atoms with van der Waals surface area (Å²) in [5, 5.41) is 0. The van der Waals surface area contributed by atoms with Crippen LogP contribution in [0.3, 0.4) is 0 Å². The number of halogens is 4. The zero-order chi connectivity index (χ0) is 11.9. The van der Waals surface area contributed by atoms with Crippen LogP contribution in [0.5, 0.6) is 0 Å². The molecule has 1 aliphatic heterocycles. The number of ether oxygens (including phenoxy) is 2. The number of hydrogen-bond donors (Lipinski definition) is 0. The minimum Gasteiger partial charge on any atom is -0.343 e. The van der Waals surface area contributed by atoms with Gasteiger partial charge >= 0.3 is 11.8 Å². The van der Waals surface area contributed by atoms with Gasteiger partial charge in [-0.2, -0.15) is 17.6 Å². The molecule has 94 valence electrons. The van der Waals surface area contributed by atoms with Gasteiger partial charge in [0, 0.05) is 12.8 Å². The van der Waals surface area contributed by atoms with Gasteiger partial charge in [0.25, 0.3) is 0 Å². The van der Waals surface area contributed by atoms with Crippen molar-refractivity contribution in [3.05, 3.63) is 0 Å². The van der Waals surface area contributed by atoms with Crippen molar-refractivity contribution in [2.75, 3.05) is 13.2 Å².